The molecule has 6 heteroatoms. The van der Waals surface area contributed by atoms with Crippen LogP contribution in [0.25, 0.3) is 0 Å². The molecule has 140 valence electrons. The van der Waals surface area contributed by atoms with E-state index in [1.165, 1.54) is 7.11 Å². The van der Waals surface area contributed by atoms with Crippen LogP contribution in [0.1, 0.15) is 61.4 Å². The van der Waals surface area contributed by atoms with E-state index in [2.05, 4.69) is 23.9 Å². The molecular formula is C20H25NO5. The number of hydrogen-bond donors (Lipinski definition) is 1. The quantitative estimate of drug-likeness (QED) is 0.745. The van der Waals surface area contributed by atoms with Gasteiger partial charge in [-0.3, -0.25) is 4.79 Å². The monoisotopic (exact) mass is 359 g/mol. The number of amides is 1. The molecule has 0 aliphatic rings. The van der Waals surface area contributed by atoms with Crippen LogP contribution in [0.2, 0.25) is 0 Å². The Morgan fingerprint density at radius 2 is 1.73 bits per heavy atom. The lowest BCUT2D eigenvalue weighted by molar-refractivity contribution is -0.142. The van der Waals surface area contributed by atoms with Gasteiger partial charge in [0.05, 0.1) is 7.11 Å². The molecule has 0 atom stereocenters. The van der Waals surface area contributed by atoms with E-state index in [9.17, 15) is 9.59 Å². The minimum atomic E-state index is -0.456. The predicted molar refractivity (Wildman–Crippen MR) is 98.8 cm³/mol. The molecule has 0 saturated heterocycles. The van der Waals surface area contributed by atoms with Gasteiger partial charge < -0.3 is 19.2 Å². The summed E-state index contributed by atoms with van der Waals surface area (Å²) in [6.07, 6.45) is 0. The molecule has 0 unspecified atom stereocenters. The maximum Gasteiger partial charge on any atom is 0.343 e. The van der Waals surface area contributed by atoms with Crippen molar-refractivity contribution in [3.05, 3.63) is 47.4 Å². The van der Waals surface area contributed by atoms with Crippen LogP contribution < -0.4 is 10.1 Å². The highest BCUT2D eigenvalue weighted by Gasteiger charge is 2.20. The Morgan fingerprint density at radius 3 is 2.23 bits per heavy atom. The first-order valence-corrected chi connectivity index (χ1v) is 8.56. The van der Waals surface area contributed by atoms with Crippen molar-refractivity contribution in [2.75, 3.05) is 19.0 Å². The third-order valence-electron chi connectivity index (χ3n) is 3.86. The van der Waals surface area contributed by atoms with E-state index >= 15 is 0 Å². The van der Waals surface area contributed by atoms with Crippen molar-refractivity contribution in [2.24, 2.45) is 0 Å². The maximum absolute atomic E-state index is 12.5. The number of hydrogen-bond acceptors (Lipinski definition) is 5. The first-order valence-electron chi connectivity index (χ1n) is 8.56. The SMILES string of the molecule is COC(=O)COc1ccc(NC(=O)c2cc(C(C)C)c(C(C)C)o2)cc1. The molecule has 0 fully saturated rings. The lowest BCUT2D eigenvalue weighted by Crippen LogP contribution is -2.13. The lowest BCUT2D eigenvalue weighted by atomic mass is 9.98. The fraction of sp³-hybridized carbons (Fsp3) is 0.400. The van der Waals surface area contributed by atoms with Gasteiger partial charge in [0.2, 0.25) is 0 Å². The molecule has 0 bridgehead atoms. The van der Waals surface area contributed by atoms with Crippen molar-refractivity contribution in [1.29, 1.82) is 0 Å². The van der Waals surface area contributed by atoms with Crippen molar-refractivity contribution in [3.8, 4) is 5.75 Å². The summed E-state index contributed by atoms with van der Waals surface area (Å²) in [5.41, 5.74) is 1.66. The standard InChI is InChI=1S/C20H25NO5/c1-12(2)16-10-17(26-19(16)13(3)4)20(23)21-14-6-8-15(9-7-14)25-11-18(22)24-5/h6-10,12-13H,11H2,1-5H3,(H,21,23). The van der Waals surface area contributed by atoms with Crippen LogP contribution in [0, 0.1) is 0 Å². The van der Waals surface area contributed by atoms with Crippen LogP contribution in [-0.4, -0.2) is 25.6 Å². The van der Waals surface area contributed by atoms with E-state index < -0.39 is 5.97 Å². The van der Waals surface area contributed by atoms with Crippen molar-refractivity contribution < 1.29 is 23.5 Å². The molecule has 0 radical (unpaired) electrons. The summed E-state index contributed by atoms with van der Waals surface area (Å²) in [5, 5.41) is 2.80. The van der Waals surface area contributed by atoms with Crippen molar-refractivity contribution >= 4 is 17.6 Å². The molecule has 1 N–H and O–H groups in total. The van der Waals surface area contributed by atoms with Crippen molar-refractivity contribution in [3.63, 3.8) is 0 Å². The van der Waals surface area contributed by atoms with E-state index in [4.69, 9.17) is 9.15 Å². The molecule has 0 spiro atoms. The maximum atomic E-state index is 12.5. The zero-order valence-corrected chi connectivity index (χ0v) is 15.8. The minimum Gasteiger partial charge on any atom is -0.482 e. The Kier molecular flexibility index (Phi) is 6.44. The fourth-order valence-corrected chi connectivity index (χ4v) is 2.46. The predicted octanol–water partition coefficient (Wildman–Crippen LogP) is 4.33. The van der Waals surface area contributed by atoms with Gasteiger partial charge in [-0.2, -0.15) is 0 Å². The summed E-state index contributed by atoms with van der Waals surface area (Å²) in [6.45, 7) is 8.07. The van der Waals surface area contributed by atoms with Crippen LogP contribution in [0.15, 0.2) is 34.7 Å². The molecule has 0 aliphatic heterocycles. The first kappa shape index (κ1) is 19.6. The summed E-state index contributed by atoms with van der Waals surface area (Å²) < 4.78 is 15.6. The van der Waals surface area contributed by atoms with Gasteiger partial charge >= 0.3 is 5.97 Å². The Morgan fingerprint density at radius 1 is 1.08 bits per heavy atom. The van der Waals surface area contributed by atoms with Gasteiger partial charge in [0.15, 0.2) is 12.4 Å². The number of furan rings is 1. The van der Waals surface area contributed by atoms with Crippen LogP contribution in [0.3, 0.4) is 0 Å². The van der Waals surface area contributed by atoms with Gasteiger partial charge in [-0.05, 0) is 41.8 Å². The van der Waals surface area contributed by atoms with Gasteiger partial charge in [-0.25, -0.2) is 4.79 Å². The summed E-state index contributed by atoms with van der Waals surface area (Å²) in [6, 6.07) is 8.53. The molecule has 0 aliphatic carbocycles. The van der Waals surface area contributed by atoms with Crippen molar-refractivity contribution in [2.45, 2.75) is 39.5 Å². The molecule has 1 aromatic carbocycles. The number of benzene rings is 1. The summed E-state index contributed by atoms with van der Waals surface area (Å²) >= 11 is 0. The van der Waals surface area contributed by atoms with Crippen LogP contribution >= 0.6 is 0 Å². The Bertz CT molecular complexity index is 734. The van der Waals surface area contributed by atoms with E-state index in [0.717, 1.165) is 11.3 Å². The smallest absolute Gasteiger partial charge is 0.343 e. The highest BCUT2D eigenvalue weighted by Crippen LogP contribution is 2.30. The average Bonchev–Trinajstić information content (AvgIpc) is 3.07. The van der Waals surface area contributed by atoms with E-state index in [0.29, 0.717) is 17.2 Å². The highest BCUT2D eigenvalue weighted by molar-refractivity contribution is 6.02. The summed E-state index contributed by atoms with van der Waals surface area (Å²) in [4.78, 5) is 23.5. The van der Waals surface area contributed by atoms with E-state index in [-0.39, 0.29) is 24.3 Å². The largest absolute Gasteiger partial charge is 0.482 e. The van der Waals surface area contributed by atoms with Gasteiger partial charge in [-0.1, -0.05) is 27.7 Å². The number of methoxy groups -OCH3 is 1. The topological polar surface area (TPSA) is 77.8 Å². The highest BCUT2D eigenvalue weighted by atomic mass is 16.6. The Labute approximate surface area is 153 Å². The second-order valence-electron chi connectivity index (χ2n) is 6.58. The Balaban J connectivity index is 2.05. The van der Waals surface area contributed by atoms with Gasteiger partial charge in [0.25, 0.3) is 5.91 Å². The molecule has 26 heavy (non-hydrogen) atoms. The van der Waals surface area contributed by atoms with Crippen LogP contribution in [0.5, 0.6) is 5.75 Å². The molecule has 2 aromatic rings. The van der Waals surface area contributed by atoms with Gasteiger partial charge in [-0.15, -0.1) is 0 Å². The number of carbonyl (C=O) groups is 2. The number of nitrogens with one attached hydrogen (secondary N) is 1. The molecule has 0 saturated carbocycles. The molecule has 1 amide bonds. The summed E-state index contributed by atoms with van der Waals surface area (Å²) in [7, 11) is 1.30. The Hall–Kier alpha value is -2.76. The van der Waals surface area contributed by atoms with Gasteiger partial charge in [0.1, 0.15) is 11.5 Å². The van der Waals surface area contributed by atoms with E-state index in [1.807, 2.05) is 19.9 Å². The van der Waals surface area contributed by atoms with Crippen LogP contribution in [0.4, 0.5) is 5.69 Å². The molecule has 2 rings (SSSR count). The number of anilines is 1. The fourth-order valence-electron chi connectivity index (χ4n) is 2.46. The molecule has 6 nitrogen and oxygen atoms in total. The third kappa shape index (κ3) is 4.88. The van der Waals surface area contributed by atoms with Crippen LogP contribution in [-0.2, 0) is 9.53 Å². The normalized spacial score (nSPS) is 10.9. The average molecular weight is 359 g/mol. The minimum absolute atomic E-state index is 0.162. The first-order chi connectivity index (χ1) is 12.3. The number of ether oxygens (including phenoxy) is 2. The van der Waals surface area contributed by atoms with E-state index in [1.54, 1.807) is 24.3 Å². The number of carbonyl (C=O) groups excluding carboxylic acids is 2. The third-order valence-corrected chi connectivity index (χ3v) is 3.86. The zero-order valence-electron chi connectivity index (χ0n) is 15.8. The molecule has 1 heterocycles. The number of rotatable bonds is 7. The van der Waals surface area contributed by atoms with Crippen molar-refractivity contribution in [1.82, 2.24) is 0 Å². The number of esters is 1. The summed E-state index contributed by atoms with van der Waals surface area (Å²) in [5.74, 6) is 1.38. The lowest BCUT2D eigenvalue weighted by Gasteiger charge is -2.07. The molecule has 1 aromatic heterocycles. The second kappa shape index (κ2) is 8.56. The van der Waals surface area contributed by atoms with Gasteiger partial charge in [0, 0.05) is 11.6 Å². The second-order valence-corrected chi connectivity index (χ2v) is 6.58. The molecular weight excluding hydrogens is 334 g/mol. The zero-order chi connectivity index (χ0) is 19.3.